The number of nitrogens with one attached hydrogen (secondary N) is 2. The molecule has 0 bridgehead atoms. The van der Waals surface area contributed by atoms with Gasteiger partial charge in [-0.15, -0.1) is 24.0 Å². The molecule has 6 heteroatoms. The van der Waals surface area contributed by atoms with E-state index in [1.807, 2.05) is 7.05 Å². The fourth-order valence-electron chi connectivity index (χ4n) is 3.36. The van der Waals surface area contributed by atoms with Crippen LogP contribution in [0.3, 0.4) is 0 Å². The number of aliphatic imine (C=N–C) groups is 1. The molecule has 1 atom stereocenters. The van der Waals surface area contributed by atoms with Gasteiger partial charge in [-0.2, -0.15) is 0 Å². The van der Waals surface area contributed by atoms with Crippen molar-refractivity contribution in [2.45, 2.75) is 46.2 Å². The van der Waals surface area contributed by atoms with Gasteiger partial charge < -0.3 is 20.4 Å². The molecule has 0 aliphatic carbocycles. The van der Waals surface area contributed by atoms with Gasteiger partial charge in [-0.05, 0) is 57.1 Å². The number of anilines is 1. The summed E-state index contributed by atoms with van der Waals surface area (Å²) in [6.07, 6.45) is 6.79. The molecule has 0 saturated carbocycles. The Hall–Kier alpha value is -1.28. The lowest BCUT2D eigenvalue weighted by atomic mass is 10.1. The monoisotopic (exact) mass is 499 g/mol. The van der Waals surface area contributed by atoms with Crippen LogP contribution < -0.4 is 15.5 Å². The number of benzene rings is 1. The van der Waals surface area contributed by atoms with E-state index < -0.39 is 0 Å². The summed E-state index contributed by atoms with van der Waals surface area (Å²) in [5.74, 6) is 0.873. The first-order valence-electron chi connectivity index (χ1n) is 10.3. The smallest absolute Gasteiger partial charge is 0.191 e. The zero-order valence-electron chi connectivity index (χ0n) is 17.9. The van der Waals surface area contributed by atoms with Crippen LogP contribution in [0.2, 0.25) is 0 Å². The van der Waals surface area contributed by atoms with Gasteiger partial charge in [0.15, 0.2) is 5.96 Å². The fraction of sp³-hybridized carbons (Fsp3) is 0.591. The maximum Gasteiger partial charge on any atom is 0.191 e. The first-order valence-corrected chi connectivity index (χ1v) is 10.3. The molecular formula is C22H38IN5. The lowest BCUT2D eigenvalue weighted by Crippen LogP contribution is -2.42. The zero-order chi connectivity index (χ0) is 19.5. The van der Waals surface area contributed by atoms with Crippen molar-refractivity contribution in [3.05, 3.63) is 42.0 Å². The molecule has 0 saturated heterocycles. The van der Waals surface area contributed by atoms with Crippen molar-refractivity contribution >= 4 is 35.6 Å². The lowest BCUT2D eigenvalue weighted by molar-refractivity contribution is 0.292. The largest absolute Gasteiger partial charge is 0.364 e. The van der Waals surface area contributed by atoms with Gasteiger partial charge in [0, 0.05) is 38.4 Å². The van der Waals surface area contributed by atoms with Crippen molar-refractivity contribution in [1.82, 2.24) is 15.5 Å². The van der Waals surface area contributed by atoms with E-state index in [0.29, 0.717) is 6.04 Å². The third-order valence-corrected chi connectivity index (χ3v) is 5.19. The molecule has 28 heavy (non-hydrogen) atoms. The molecule has 5 nitrogen and oxygen atoms in total. The van der Waals surface area contributed by atoms with Gasteiger partial charge in [0.05, 0.1) is 0 Å². The van der Waals surface area contributed by atoms with E-state index in [1.54, 1.807) is 0 Å². The molecule has 1 aliphatic rings. The van der Waals surface area contributed by atoms with Gasteiger partial charge in [-0.25, -0.2) is 0 Å². The van der Waals surface area contributed by atoms with Crippen LogP contribution in [-0.4, -0.2) is 56.7 Å². The van der Waals surface area contributed by atoms with Crippen LogP contribution >= 0.6 is 24.0 Å². The van der Waals surface area contributed by atoms with E-state index in [1.165, 1.54) is 24.2 Å². The topological polar surface area (TPSA) is 42.9 Å². The summed E-state index contributed by atoms with van der Waals surface area (Å²) in [6.45, 7) is 12.9. The molecule has 1 aromatic rings. The highest BCUT2D eigenvalue weighted by molar-refractivity contribution is 14.0. The Morgan fingerprint density at radius 1 is 1.14 bits per heavy atom. The summed E-state index contributed by atoms with van der Waals surface area (Å²) in [6, 6.07) is 9.21. The molecule has 2 N–H and O–H groups in total. The quantitative estimate of drug-likeness (QED) is 0.222. The molecule has 158 valence electrons. The van der Waals surface area contributed by atoms with E-state index in [-0.39, 0.29) is 24.0 Å². The second-order valence-electron chi connectivity index (χ2n) is 7.18. The Morgan fingerprint density at radius 2 is 1.79 bits per heavy atom. The highest BCUT2D eigenvalue weighted by Gasteiger charge is 2.08. The lowest BCUT2D eigenvalue weighted by Gasteiger charge is -2.21. The van der Waals surface area contributed by atoms with Gasteiger partial charge in [0.25, 0.3) is 0 Å². The minimum atomic E-state index is 0. The normalized spacial score (nSPS) is 14.9. The van der Waals surface area contributed by atoms with Crippen LogP contribution in [0.4, 0.5) is 5.69 Å². The van der Waals surface area contributed by atoms with Gasteiger partial charge in [0.2, 0.25) is 0 Å². The van der Waals surface area contributed by atoms with E-state index >= 15 is 0 Å². The van der Waals surface area contributed by atoms with Crippen molar-refractivity contribution < 1.29 is 0 Å². The summed E-state index contributed by atoms with van der Waals surface area (Å²) in [4.78, 5) is 9.20. The average molecular weight is 499 g/mol. The molecule has 0 amide bonds. The predicted molar refractivity (Wildman–Crippen MR) is 133 cm³/mol. The van der Waals surface area contributed by atoms with Gasteiger partial charge >= 0.3 is 0 Å². The van der Waals surface area contributed by atoms with E-state index in [9.17, 15) is 0 Å². The van der Waals surface area contributed by atoms with Gasteiger partial charge in [-0.3, -0.25) is 4.99 Å². The molecule has 1 unspecified atom stereocenters. The molecule has 0 spiro atoms. The van der Waals surface area contributed by atoms with Crippen molar-refractivity contribution in [1.29, 1.82) is 0 Å². The highest BCUT2D eigenvalue weighted by atomic mass is 127. The maximum atomic E-state index is 4.37. The van der Waals surface area contributed by atoms with Crippen molar-refractivity contribution in [3.8, 4) is 0 Å². The third-order valence-electron chi connectivity index (χ3n) is 5.19. The third kappa shape index (κ3) is 8.39. The van der Waals surface area contributed by atoms with Crippen LogP contribution in [0.5, 0.6) is 0 Å². The summed E-state index contributed by atoms with van der Waals surface area (Å²) < 4.78 is 0. The molecule has 0 fully saturated rings. The Bertz CT molecular complexity index is 587. The van der Waals surface area contributed by atoms with E-state index in [4.69, 9.17) is 0 Å². The Balaban J connectivity index is 0.00000392. The molecule has 1 aromatic carbocycles. The van der Waals surface area contributed by atoms with Crippen molar-refractivity contribution in [3.63, 3.8) is 0 Å². The maximum absolute atomic E-state index is 4.37. The summed E-state index contributed by atoms with van der Waals surface area (Å²) in [5, 5.41) is 6.94. The van der Waals surface area contributed by atoms with Crippen LogP contribution in [0.25, 0.3) is 0 Å². The second kappa shape index (κ2) is 13.8. The minimum absolute atomic E-state index is 0. The standard InChI is InChI=1S/C22H37N5.HI/c1-5-26(6-2)15-9-10-19(3)25-22(23-4)24-18-20-11-13-21(14-12-20)27-16-7-8-17-27;/h7-8,11-14,19H,5-6,9-10,15-18H2,1-4H3,(H2,23,24,25);1H. The zero-order valence-corrected chi connectivity index (χ0v) is 20.3. The number of rotatable bonds is 10. The predicted octanol–water partition coefficient (Wildman–Crippen LogP) is 3.86. The minimum Gasteiger partial charge on any atom is -0.364 e. The Labute approximate surface area is 188 Å². The summed E-state index contributed by atoms with van der Waals surface area (Å²) >= 11 is 0. The number of hydrogen-bond acceptors (Lipinski definition) is 3. The van der Waals surface area contributed by atoms with E-state index in [0.717, 1.165) is 45.1 Å². The molecule has 0 aromatic heterocycles. The number of halogens is 1. The molecule has 0 radical (unpaired) electrons. The highest BCUT2D eigenvalue weighted by Crippen LogP contribution is 2.17. The number of guanidine groups is 1. The van der Waals surface area contributed by atoms with Crippen molar-refractivity contribution in [2.24, 2.45) is 4.99 Å². The molecular weight excluding hydrogens is 461 g/mol. The fourth-order valence-corrected chi connectivity index (χ4v) is 3.36. The van der Waals surface area contributed by atoms with Crippen LogP contribution in [0, 0.1) is 0 Å². The molecule has 2 rings (SSSR count). The van der Waals surface area contributed by atoms with Gasteiger partial charge in [-0.1, -0.05) is 38.1 Å². The number of nitrogens with zero attached hydrogens (tertiary/aromatic N) is 3. The van der Waals surface area contributed by atoms with Gasteiger partial charge in [0.1, 0.15) is 0 Å². The molecule has 1 heterocycles. The SMILES string of the molecule is CCN(CC)CCCC(C)NC(=NC)NCc1ccc(N2CC=CC2)cc1.I. The van der Waals surface area contributed by atoms with Crippen LogP contribution in [-0.2, 0) is 6.54 Å². The number of hydrogen-bond donors (Lipinski definition) is 2. The summed E-state index contributed by atoms with van der Waals surface area (Å²) in [7, 11) is 1.83. The average Bonchev–Trinajstić information content (AvgIpc) is 3.23. The first kappa shape index (κ1) is 24.8. The van der Waals surface area contributed by atoms with Crippen LogP contribution in [0.15, 0.2) is 41.4 Å². The Kier molecular flexibility index (Phi) is 12.2. The molecule has 1 aliphatic heterocycles. The summed E-state index contributed by atoms with van der Waals surface area (Å²) in [5.41, 5.74) is 2.55. The van der Waals surface area contributed by atoms with Crippen molar-refractivity contribution in [2.75, 3.05) is 44.7 Å². The second-order valence-corrected chi connectivity index (χ2v) is 7.18. The van der Waals surface area contributed by atoms with E-state index in [2.05, 4.69) is 82.6 Å². The Morgan fingerprint density at radius 3 is 2.36 bits per heavy atom. The van der Waals surface area contributed by atoms with Crippen LogP contribution in [0.1, 0.15) is 39.2 Å². The first-order chi connectivity index (χ1) is 13.2.